The smallest absolute Gasteiger partial charge is 0.315 e. The molecular weight excluding hydrogens is 398 g/mol. The van der Waals surface area contributed by atoms with Crippen LogP contribution in [0.25, 0.3) is 0 Å². The van der Waals surface area contributed by atoms with E-state index in [1.54, 1.807) is 4.31 Å². The van der Waals surface area contributed by atoms with E-state index in [9.17, 15) is 13.2 Å². The van der Waals surface area contributed by atoms with E-state index >= 15 is 0 Å². The Kier molecular flexibility index (Phi) is 12.3. The Morgan fingerprint density at radius 3 is 1.87 bits per heavy atom. The van der Waals surface area contributed by atoms with Gasteiger partial charge in [0.05, 0.1) is 5.25 Å². The van der Waals surface area contributed by atoms with Crippen molar-refractivity contribution in [2.75, 3.05) is 19.6 Å². The van der Waals surface area contributed by atoms with Crippen molar-refractivity contribution in [1.82, 2.24) is 14.9 Å². The summed E-state index contributed by atoms with van der Waals surface area (Å²) in [4.78, 5) is 12.3. The average Bonchev–Trinajstić information content (AvgIpc) is 2.69. The Balaban J connectivity index is 0.00000225. The number of piperidine rings is 1. The molecule has 2 N–H and O–H groups in total. The van der Waals surface area contributed by atoms with Gasteiger partial charge in [0, 0.05) is 25.7 Å². The van der Waals surface area contributed by atoms with Gasteiger partial charge in [-0.2, -0.15) is 0 Å². The summed E-state index contributed by atoms with van der Waals surface area (Å²) in [5.41, 5.74) is 0. The Labute approximate surface area is 186 Å². The summed E-state index contributed by atoms with van der Waals surface area (Å²) in [6, 6.07) is 0.255. The zero-order chi connectivity index (χ0) is 19.8. The maximum Gasteiger partial charge on any atom is 0.315 e. The average molecular weight is 446 g/mol. The lowest BCUT2D eigenvalue weighted by atomic mass is 9.97. The van der Waals surface area contributed by atoms with E-state index < -0.39 is 10.0 Å². The first-order valence-electron chi connectivity index (χ1n) is 11.6. The summed E-state index contributed by atoms with van der Waals surface area (Å²) in [6.07, 6.45) is 15.1. The molecule has 0 aromatic rings. The predicted octanol–water partition coefficient (Wildman–Crippen LogP) is 5.05. The molecule has 1 aliphatic heterocycles. The van der Waals surface area contributed by atoms with Crippen LogP contribution in [-0.4, -0.2) is 49.7 Å². The first-order valence-corrected chi connectivity index (χ1v) is 13.1. The van der Waals surface area contributed by atoms with E-state index in [0.29, 0.717) is 31.6 Å². The molecule has 6 nitrogen and oxygen atoms in total. The lowest BCUT2D eigenvalue weighted by molar-refractivity contribution is 0.224. The molecule has 0 radical (unpaired) electrons. The van der Waals surface area contributed by atoms with Gasteiger partial charge < -0.3 is 10.6 Å². The quantitative estimate of drug-likeness (QED) is 0.622. The molecule has 0 spiro atoms. The molecule has 0 unspecified atom stereocenters. The molecule has 0 bridgehead atoms. The molecule has 1 heterocycles. The number of sulfonamides is 1. The number of hydrogen-bond donors (Lipinski definition) is 2. The fourth-order valence-corrected chi connectivity index (χ4v) is 7.09. The molecule has 2 amide bonds. The topological polar surface area (TPSA) is 78.5 Å². The Morgan fingerprint density at radius 1 is 0.767 bits per heavy atom. The van der Waals surface area contributed by atoms with Gasteiger partial charge >= 0.3 is 6.03 Å². The lowest BCUT2D eigenvalue weighted by Gasteiger charge is -2.35. The molecule has 178 valence electrons. The Bertz CT molecular complexity index is 575. The third kappa shape index (κ3) is 8.03. The van der Waals surface area contributed by atoms with Crippen LogP contribution in [0.1, 0.15) is 105 Å². The van der Waals surface area contributed by atoms with Crippen molar-refractivity contribution in [1.29, 1.82) is 0 Å². The third-order valence-corrected chi connectivity index (χ3v) is 9.30. The van der Waals surface area contributed by atoms with Crippen LogP contribution in [0.4, 0.5) is 4.79 Å². The molecule has 0 atom stereocenters. The largest absolute Gasteiger partial charge is 0.338 e. The number of nitrogens with one attached hydrogen (secondary N) is 2. The monoisotopic (exact) mass is 445 g/mol. The van der Waals surface area contributed by atoms with Gasteiger partial charge in [-0.1, -0.05) is 66.2 Å². The number of carbonyl (C=O) groups excluding carboxylic acids is 1. The van der Waals surface area contributed by atoms with Gasteiger partial charge in [0.1, 0.15) is 0 Å². The summed E-state index contributed by atoms with van der Waals surface area (Å²) in [5.74, 6) is 0.376. The van der Waals surface area contributed by atoms with Crippen molar-refractivity contribution in [3.05, 3.63) is 0 Å². The summed E-state index contributed by atoms with van der Waals surface area (Å²) in [7, 11) is -3.13. The van der Waals surface area contributed by atoms with Crippen LogP contribution < -0.4 is 10.6 Å². The van der Waals surface area contributed by atoms with Gasteiger partial charge in [0.2, 0.25) is 10.0 Å². The standard InChI is InChI=1S/C21H39N3O3S.2CH4/c25-21(23-19-9-5-2-1-3-6-10-19)22-17-18-13-15-24(16-14-18)28(26,27)20-11-7-4-8-12-20;;/h18-20H,1-17H2,(H2,22,23,25);2*1H4. The van der Waals surface area contributed by atoms with E-state index in [0.717, 1.165) is 51.4 Å². The van der Waals surface area contributed by atoms with E-state index in [1.165, 1.54) is 38.5 Å². The molecule has 1 saturated heterocycles. The molecule has 3 fully saturated rings. The van der Waals surface area contributed by atoms with Crippen LogP contribution in [0.3, 0.4) is 0 Å². The van der Waals surface area contributed by atoms with E-state index in [4.69, 9.17) is 0 Å². The normalized spacial score (nSPS) is 23.3. The van der Waals surface area contributed by atoms with Crippen molar-refractivity contribution in [2.45, 2.75) is 116 Å². The van der Waals surface area contributed by atoms with Crippen LogP contribution in [0.2, 0.25) is 0 Å². The Morgan fingerprint density at radius 2 is 1.27 bits per heavy atom. The van der Waals surface area contributed by atoms with Crippen molar-refractivity contribution < 1.29 is 13.2 Å². The molecule has 7 heteroatoms. The third-order valence-electron chi connectivity index (χ3n) is 6.90. The van der Waals surface area contributed by atoms with Crippen LogP contribution >= 0.6 is 0 Å². The second-order valence-electron chi connectivity index (χ2n) is 9.04. The van der Waals surface area contributed by atoms with Crippen molar-refractivity contribution in [2.24, 2.45) is 5.92 Å². The van der Waals surface area contributed by atoms with Crippen molar-refractivity contribution in [3.8, 4) is 0 Å². The van der Waals surface area contributed by atoms with E-state index in [2.05, 4.69) is 10.6 Å². The van der Waals surface area contributed by atoms with Crippen LogP contribution in [0.15, 0.2) is 0 Å². The minimum Gasteiger partial charge on any atom is -0.338 e. The van der Waals surface area contributed by atoms with Crippen molar-refractivity contribution >= 4 is 16.1 Å². The van der Waals surface area contributed by atoms with Gasteiger partial charge in [-0.25, -0.2) is 17.5 Å². The molecule has 30 heavy (non-hydrogen) atoms. The second kappa shape index (κ2) is 13.6. The first kappa shape index (κ1) is 27.2. The number of hydrogen-bond acceptors (Lipinski definition) is 3. The van der Waals surface area contributed by atoms with E-state index in [-0.39, 0.29) is 26.1 Å². The lowest BCUT2D eigenvalue weighted by Crippen LogP contribution is -2.47. The highest BCUT2D eigenvalue weighted by Gasteiger charge is 2.35. The molecule has 0 aromatic heterocycles. The molecule has 2 aliphatic carbocycles. The number of urea groups is 1. The summed E-state index contributed by atoms with van der Waals surface area (Å²) in [5, 5.41) is 6.02. The highest BCUT2D eigenvalue weighted by atomic mass is 32.2. The fourth-order valence-electron chi connectivity index (χ4n) is 5.02. The molecule has 3 aliphatic rings. The van der Waals surface area contributed by atoms with Crippen LogP contribution in [0, 0.1) is 5.92 Å². The zero-order valence-electron chi connectivity index (χ0n) is 17.3. The van der Waals surface area contributed by atoms with Crippen molar-refractivity contribution in [3.63, 3.8) is 0 Å². The minimum absolute atomic E-state index is 0. The van der Waals surface area contributed by atoms with Gasteiger partial charge in [-0.15, -0.1) is 0 Å². The first-order chi connectivity index (χ1) is 13.6. The predicted molar refractivity (Wildman–Crippen MR) is 126 cm³/mol. The molecular formula is C23H47N3O3S. The number of carbonyl (C=O) groups is 1. The summed E-state index contributed by atoms with van der Waals surface area (Å²) in [6.45, 7) is 1.86. The summed E-state index contributed by atoms with van der Waals surface area (Å²) < 4.78 is 27.4. The van der Waals surface area contributed by atoms with E-state index in [1.807, 2.05) is 0 Å². The van der Waals surface area contributed by atoms with Gasteiger partial charge in [-0.3, -0.25) is 0 Å². The molecule has 3 rings (SSSR count). The SMILES string of the molecule is C.C.O=C(NCC1CCN(S(=O)(=O)C2CCCCC2)CC1)NC1CCCCCCC1. The molecule has 2 saturated carbocycles. The highest BCUT2D eigenvalue weighted by Crippen LogP contribution is 2.28. The van der Waals surface area contributed by atoms with Crippen LogP contribution in [-0.2, 0) is 10.0 Å². The zero-order valence-corrected chi connectivity index (χ0v) is 18.1. The van der Waals surface area contributed by atoms with Gasteiger partial charge in [-0.05, 0) is 44.4 Å². The summed E-state index contributed by atoms with van der Waals surface area (Å²) >= 11 is 0. The van der Waals surface area contributed by atoms with Gasteiger partial charge in [0.15, 0.2) is 0 Å². The number of nitrogens with zero attached hydrogens (tertiary/aromatic N) is 1. The number of amides is 2. The highest BCUT2D eigenvalue weighted by molar-refractivity contribution is 7.89. The van der Waals surface area contributed by atoms with Crippen LogP contribution in [0.5, 0.6) is 0 Å². The molecule has 0 aromatic carbocycles. The van der Waals surface area contributed by atoms with Gasteiger partial charge in [0.25, 0.3) is 0 Å². The Hall–Kier alpha value is -0.820. The maximum atomic E-state index is 12.8. The number of rotatable bonds is 5. The fraction of sp³-hybridized carbons (Fsp3) is 0.957. The maximum absolute atomic E-state index is 12.8. The minimum atomic E-state index is -3.13. The second-order valence-corrected chi connectivity index (χ2v) is 11.3.